The Balaban J connectivity index is 1.99. The minimum atomic E-state index is -0.173. The summed E-state index contributed by atoms with van der Waals surface area (Å²) in [6, 6.07) is 12.1. The molecule has 2 aromatic rings. The molecule has 0 radical (unpaired) electrons. The highest BCUT2D eigenvalue weighted by Crippen LogP contribution is 2.25. The topological polar surface area (TPSA) is 47.6 Å². The lowest BCUT2D eigenvalue weighted by molar-refractivity contribution is -0.122. The maximum Gasteiger partial charge on any atom is 0.227 e. The van der Waals surface area contributed by atoms with Crippen molar-refractivity contribution in [3.05, 3.63) is 42.0 Å². The Kier molecular flexibility index (Phi) is 6.41. The zero-order valence-electron chi connectivity index (χ0n) is 14.1. The summed E-state index contributed by atoms with van der Waals surface area (Å²) in [5.74, 6) is 0.716. The standard InChI is InChI=1S/C19H25NO3/c1-4-23-11-5-10-20-19(21)14(2)15-6-7-17-13-18(22-3)9-8-16(17)12-15/h6-9,12-14H,4-5,10-11H2,1-3H3,(H,20,21)/t14-/m0/s1. The van der Waals surface area contributed by atoms with Gasteiger partial charge in [-0.15, -0.1) is 0 Å². The van der Waals surface area contributed by atoms with Gasteiger partial charge in [0.2, 0.25) is 5.91 Å². The van der Waals surface area contributed by atoms with Crippen molar-refractivity contribution in [2.75, 3.05) is 26.9 Å². The van der Waals surface area contributed by atoms with Gasteiger partial charge in [-0.05, 0) is 48.7 Å². The molecule has 0 unspecified atom stereocenters. The highest BCUT2D eigenvalue weighted by molar-refractivity contribution is 5.88. The lowest BCUT2D eigenvalue weighted by atomic mass is 9.97. The summed E-state index contributed by atoms with van der Waals surface area (Å²) >= 11 is 0. The lowest BCUT2D eigenvalue weighted by Crippen LogP contribution is -2.29. The largest absolute Gasteiger partial charge is 0.497 e. The quantitative estimate of drug-likeness (QED) is 0.759. The molecule has 124 valence electrons. The predicted octanol–water partition coefficient (Wildman–Crippen LogP) is 3.49. The van der Waals surface area contributed by atoms with Gasteiger partial charge in [-0.2, -0.15) is 0 Å². The molecule has 0 fully saturated rings. The van der Waals surface area contributed by atoms with Crippen molar-refractivity contribution in [1.29, 1.82) is 0 Å². The highest BCUT2D eigenvalue weighted by Gasteiger charge is 2.15. The molecule has 4 heteroatoms. The van der Waals surface area contributed by atoms with E-state index in [0.717, 1.165) is 28.5 Å². The summed E-state index contributed by atoms with van der Waals surface area (Å²) in [5, 5.41) is 5.19. The highest BCUT2D eigenvalue weighted by atomic mass is 16.5. The van der Waals surface area contributed by atoms with Crippen LogP contribution in [0.15, 0.2) is 36.4 Å². The van der Waals surface area contributed by atoms with Crippen molar-refractivity contribution in [2.45, 2.75) is 26.2 Å². The van der Waals surface area contributed by atoms with E-state index < -0.39 is 0 Å². The number of carbonyl (C=O) groups is 1. The van der Waals surface area contributed by atoms with E-state index >= 15 is 0 Å². The number of hydrogen-bond acceptors (Lipinski definition) is 3. The van der Waals surface area contributed by atoms with Gasteiger partial charge in [0.1, 0.15) is 5.75 Å². The Morgan fingerprint density at radius 3 is 2.65 bits per heavy atom. The second-order valence-electron chi connectivity index (χ2n) is 5.54. The van der Waals surface area contributed by atoms with Crippen LogP contribution < -0.4 is 10.1 Å². The Hall–Kier alpha value is -2.07. The van der Waals surface area contributed by atoms with Crippen LogP contribution in [0, 0.1) is 0 Å². The maximum absolute atomic E-state index is 12.2. The molecular weight excluding hydrogens is 290 g/mol. The third-order valence-electron chi connectivity index (χ3n) is 3.93. The van der Waals surface area contributed by atoms with Crippen LogP contribution in [-0.4, -0.2) is 32.8 Å². The first kappa shape index (κ1) is 17.3. The van der Waals surface area contributed by atoms with Gasteiger partial charge >= 0.3 is 0 Å². The van der Waals surface area contributed by atoms with Gasteiger partial charge < -0.3 is 14.8 Å². The summed E-state index contributed by atoms with van der Waals surface area (Å²) in [7, 11) is 1.66. The monoisotopic (exact) mass is 315 g/mol. The Morgan fingerprint density at radius 1 is 1.17 bits per heavy atom. The number of rotatable bonds is 8. The van der Waals surface area contributed by atoms with Crippen LogP contribution in [0.2, 0.25) is 0 Å². The molecule has 0 bridgehead atoms. The third-order valence-corrected chi connectivity index (χ3v) is 3.93. The molecule has 0 spiro atoms. The zero-order chi connectivity index (χ0) is 16.7. The first-order valence-electron chi connectivity index (χ1n) is 8.09. The van der Waals surface area contributed by atoms with E-state index in [4.69, 9.17) is 9.47 Å². The summed E-state index contributed by atoms with van der Waals surface area (Å²) < 4.78 is 10.5. The van der Waals surface area contributed by atoms with Crippen LogP contribution in [0.4, 0.5) is 0 Å². The minimum Gasteiger partial charge on any atom is -0.497 e. The molecule has 1 N–H and O–H groups in total. The van der Waals surface area contributed by atoms with Crippen LogP contribution in [0.3, 0.4) is 0 Å². The van der Waals surface area contributed by atoms with Gasteiger partial charge in [0.05, 0.1) is 13.0 Å². The number of carbonyl (C=O) groups excluding carboxylic acids is 1. The number of ether oxygens (including phenoxy) is 2. The summed E-state index contributed by atoms with van der Waals surface area (Å²) in [6.45, 7) is 5.95. The fourth-order valence-corrected chi connectivity index (χ4v) is 2.47. The zero-order valence-corrected chi connectivity index (χ0v) is 14.1. The normalized spacial score (nSPS) is 12.1. The SMILES string of the molecule is CCOCCCNC(=O)[C@@H](C)c1ccc2cc(OC)ccc2c1. The van der Waals surface area contributed by atoms with Crippen molar-refractivity contribution < 1.29 is 14.3 Å². The van der Waals surface area contributed by atoms with Gasteiger partial charge in [-0.3, -0.25) is 4.79 Å². The molecule has 0 aromatic heterocycles. The molecule has 4 nitrogen and oxygen atoms in total. The predicted molar refractivity (Wildman–Crippen MR) is 93.0 cm³/mol. The van der Waals surface area contributed by atoms with Gasteiger partial charge in [-0.25, -0.2) is 0 Å². The molecule has 2 aromatic carbocycles. The van der Waals surface area contributed by atoms with E-state index in [1.165, 1.54) is 0 Å². The van der Waals surface area contributed by atoms with E-state index in [2.05, 4.69) is 11.4 Å². The van der Waals surface area contributed by atoms with E-state index in [1.807, 2.05) is 44.2 Å². The number of amides is 1. The average Bonchev–Trinajstić information content (AvgIpc) is 2.59. The average molecular weight is 315 g/mol. The van der Waals surface area contributed by atoms with Crippen LogP contribution in [0.25, 0.3) is 10.8 Å². The van der Waals surface area contributed by atoms with Gasteiger partial charge in [0.25, 0.3) is 0 Å². The maximum atomic E-state index is 12.2. The van der Waals surface area contributed by atoms with Gasteiger partial charge in [-0.1, -0.05) is 24.3 Å². The lowest BCUT2D eigenvalue weighted by Gasteiger charge is -2.13. The molecule has 0 aliphatic carbocycles. The van der Waals surface area contributed by atoms with E-state index in [0.29, 0.717) is 19.8 Å². The first-order chi connectivity index (χ1) is 11.2. The first-order valence-corrected chi connectivity index (χ1v) is 8.09. The van der Waals surface area contributed by atoms with Gasteiger partial charge in [0.15, 0.2) is 0 Å². The third kappa shape index (κ3) is 4.70. The molecule has 0 saturated carbocycles. The molecule has 0 aliphatic rings. The van der Waals surface area contributed by atoms with Crippen molar-refractivity contribution in [1.82, 2.24) is 5.32 Å². The molecule has 2 rings (SSSR count). The Labute approximate surface area is 137 Å². The van der Waals surface area contributed by atoms with E-state index in [-0.39, 0.29) is 11.8 Å². The van der Waals surface area contributed by atoms with Crippen LogP contribution >= 0.6 is 0 Å². The smallest absolute Gasteiger partial charge is 0.227 e. The van der Waals surface area contributed by atoms with Crippen LogP contribution in [-0.2, 0) is 9.53 Å². The van der Waals surface area contributed by atoms with Crippen molar-refractivity contribution in [2.24, 2.45) is 0 Å². The fraction of sp³-hybridized carbons (Fsp3) is 0.421. The number of fused-ring (bicyclic) bond motifs is 1. The Bertz CT molecular complexity index is 654. The number of hydrogen-bond donors (Lipinski definition) is 1. The van der Waals surface area contributed by atoms with E-state index in [9.17, 15) is 4.79 Å². The van der Waals surface area contributed by atoms with Gasteiger partial charge in [0, 0.05) is 19.8 Å². The molecule has 0 aliphatic heterocycles. The summed E-state index contributed by atoms with van der Waals surface area (Å²) in [4.78, 5) is 12.2. The van der Waals surface area contributed by atoms with Crippen molar-refractivity contribution >= 4 is 16.7 Å². The molecule has 0 heterocycles. The van der Waals surface area contributed by atoms with Crippen LogP contribution in [0.1, 0.15) is 31.7 Å². The molecule has 1 atom stereocenters. The fourth-order valence-electron chi connectivity index (χ4n) is 2.47. The molecular formula is C19H25NO3. The Morgan fingerprint density at radius 2 is 1.91 bits per heavy atom. The molecule has 23 heavy (non-hydrogen) atoms. The van der Waals surface area contributed by atoms with Crippen LogP contribution in [0.5, 0.6) is 5.75 Å². The number of methoxy groups -OCH3 is 1. The second-order valence-corrected chi connectivity index (χ2v) is 5.54. The number of benzene rings is 2. The summed E-state index contributed by atoms with van der Waals surface area (Å²) in [5.41, 5.74) is 1.02. The van der Waals surface area contributed by atoms with E-state index in [1.54, 1.807) is 7.11 Å². The molecule has 1 amide bonds. The van der Waals surface area contributed by atoms with Crippen molar-refractivity contribution in [3.8, 4) is 5.75 Å². The minimum absolute atomic E-state index is 0.0503. The second kappa shape index (κ2) is 8.53. The van der Waals surface area contributed by atoms with Crippen molar-refractivity contribution in [3.63, 3.8) is 0 Å². The molecule has 0 saturated heterocycles. The summed E-state index contributed by atoms with van der Waals surface area (Å²) in [6.07, 6.45) is 0.837. The number of nitrogens with one attached hydrogen (secondary N) is 1.